The normalized spacial score (nSPS) is 12.1. The Bertz CT molecular complexity index is 1270. The summed E-state index contributed by atoms with van der Waals surface area (Å²) >= 11 is 0. The Morgan fingerprint density at radius 2 is 1.70 bits per heavy atom. The van der Waals surface area contributed by atoms with E-state index in [0.29, 0.717) is 16.8 Å². The van der Waals surface area contributed by atoms with Crippen molar-refractivity contribution < 1.29 is 17.9 Å². The van der Waals surface area contributed by atoms with Crippen LogP contribution in [0.2, 0.25) is 0 Å². The number of aryl methyl sites for hydroxylation is 1. The van der Waals surface area contributed by atoms with E-state index in [1.807, 2.05) is 13.8 Å². The fourth-order valence-corrected chi connectivity index (χ4v) is 3.01. The first-order valence-corrected chi connectivity index (χ1v) is 9.00. The van der Waals surface area contributed by atoms with Crippen LogP contribution in [0.3, 0.4) is 0 Å². The van der Waals surface area contributed by atoms with Gasteiger partial charge in [0.25, 0.3) is 5.56 Å². The van der Waals surface area contributed by atoms with Gasteiger partial charge in [-0.2, -0.15) is 15.0 Å². The Kier molecular flexibility index (Phi) is 4.60. The number of halogens is 3. The summed E-state index contributed by atoms with van der Waals surface area (Å²) in [7, 11) is 1.76. The van der Waals surface area contributed by atoms with Crippen molar-refractivity contribution in [1.29, 1.82) is 0 Å². The van der Waals surface area contributed by atoms with Gasteiger partial charge < -0.3 is 4.74 Å². The zero-order chi connectivity index (χ0) is 21.6. The maximum atomic E-state index is 13.1. The summed E-state index contributed by atoms with van der Waals surface area (Å²) in [6, 6.07) is 4.97. The van der Waals surface area contributed by atoms with Crippen molar-refractivity contribution in [3.8, 4) is 22.6 Å². The molecule has 3 heterocycles. The van der Waals surface area contributed by atoms with Gasteiger partial charge in [-0.3, -0.25) is 14.0 Å². The van der Waals surface area contributed by atoms with Crippen molar-refractivity contribution >= 4 is 11.0 Å². The topological polar surface area (TPSA) is 79.8 Å². The summed E-state index contributed by atoms with van der Waals surface area (Å²) in [4.78, 5) is 14.5. The van der Waals surface area contributed by atoms with Gasteiger partial charge in [0, 0.05) is 36.3 Å². The minimum Gasteiger partial charge on any atom is -0.406 e. The number of hydrogen-bond acceptors (Lipinski definition) is 5. The number of ether oxygens (including phenoxy) is 1. The highest BCUT2D eigenvalue weighted by molar-refractivity contribution is 5.90. The first-order chi connectivity index (χ1) is 14.1. The van der Waals surface area contributed by atoms with Crippen LogP contribution in [0.1, 0.15) is 19.9 Å². The molecule has 0 amide bonds. The number of benzene rings is 1. The predicted octanol–water partition coefficient (Wildman–Crippen LogP) is 3.46. The zero-order valence-corrected chi connectivity index (χ0v) is 16.3. The molecule has 0 radical (unpaired) electrons. The number of aromatic nitrogens is 6. The molecule has 30 heavy (non-hydrogen) atoms. The highest BCUT2D eigenvalue weighted by atomic mass is 19.4. The van der Waals surface area contributed by atoms with Crippen molar-refractivity contribution in [3.05, 3.63) is 53.2 Å². The molecule has 0 N–H and O–H groups in total. The summed E-state index contributed by atoms with van der Waals surface area (Å²) in [6.45, 7) is 3.78. The lowest BCUT2D eigenvalue weighted by Gasteiger charge is -2.11. The maximum absolute atomic E-state index is 13.1. The Morgan fingerprint density at radius 3 is 2.27 bits per heavy atom. The van der Waals surface area contributed by atoms with Crippen LogP contribution in [-0.2, 0) is 7.05 Å². The Balaban J connectivity index is 1.90. The molecule has 4 aromatic rings. The summed E-state index contributed by atoms with van der Waals surface area (Å²) in [6.07, 6.45) is 0.206. The molecule has 0 aliphatic heterocycles. The van der Waals surface area contributed by atoms with Crippen molar-refractivity contribution in [2.75, 3.05) is 0 Å². The maximum Gasteiger partial charge on any atom is 0.573 e. The minimum absolute atomic E-state index is 0.0641. The quantitative estimate of drug-likeness (QED) is 0.507. The monoisotopic (exact) mass is 418 g/mol. The number of fused-ring (bicyclic) bond motifs is 1. The summed E-state index contributed by atoms with van der Waals surface area (Å²) in [5.74, 6) is -0.376. The van der Waals surface area contributed by atoms with E-state index in [0.717, 1.165) is 17.7 Å². The second-order valence-corrected chi connectivity index (χ2v) is 6.97. The largest absolute Gasteiger partial charge is 0.573 e. The first kappa shape index (κ1) is 19.7. The average Bonchev–Trinajstić information content (AvgIpc) is 3.29. The van der Waals surface area contributed by atoms with E-state index in [-0.39, 0.29) is 17.3 Å². The fraction of sp³-hybridized carbons (Fsp3) is 0.263. The molecule has 0 aliphatic carbocycles. The molecule has 0 saturated heterocycles. The molecule has 156 valence electrons. The lowest BCUT2D eigenvalue weighted by molar-refractivity contribution is -0.274. The highest BCUT2D eigenvalue weighted by Crippen LogP contribution is 2.27. The predicted molar refractivity (Wildman–Crippen MR) is 102 cm³/mol. The fourth-order valence-electron chi connectivity index (χ4n) is 3.01. The van der Waals surface area contributed by atoms with Crippen LogP contribution in [-0.4, -0.2) is 35.7 Å². The van der Waals surface area contributed by atoms with E-state index in [1.54, 1.807) is 30.3 Å². The van der Waals surface area contributed by atoms with Gasteiger partial charge in [0.15, 0.2) is 5.52 Å². The molecule has 0 aliphatic rings. The number of hydrogen-bond donors (Lipinski definition) is 0. The van der Waals surface area contributed by atoms with Crippen LogP contribution in [0.5, 0.6) is 5.75 Å². The molecule has 8 nitrogen and oxygen atoms in total. The molecule has 0 bridgehead atoms. The molecule has 0 atom stereocenters. The summed E-state index contributed by atoms with van der Waals surface area (Å²) < 4.78 is 44.1. The second-order valence-electron chi connectivity index (χ2n) is 6.97. The van der Waals surface area contributed by atoms with Gasteiger partial charge in [-0.1, -0.05) is 0 Å². The molecule has 0 fully saturated rings. The van der Waals surface area contributed by atoms with Crippen molar-refractivity contribution in [3.63, 3.8) is 0 Å². The molecule has 3 aromatic heterocycles. The van der Waals surface area contributed by atoms with Gasteiger partial charge in [0.05, 0.1) is 12.2 Å². The van der Waals surface area contributed by atoms with E-state index >= 15 is 0 Å². The van der Waals surface area contributed by atoms with Gasteiger partial charge in [-0.05, 0) is 38.1 Å². The van der Waals surface area contributed by atoms with E-state index in [1.165, 1.54) is 21.5 Å². The van der Waals surface area contributed by atoms with Gasteiger partial charge >= 0.3 is 6.36 Å². The van der Waals surface area contributed by atoms with E-state index in [9.17, 15) is 18.0 Å². The standard InChI is InChI=1S/C19H17F3N6O2/c1-11(2)28-24-16-15(12-8-23-26(3)9-12)10-27(18(29)17(16)25-28)13-4-6-14(7-5-13)30-19(20,21)22/h4-11H,1-3H3. The molecular formula is C19H17F3N6O2. The summed E-state index contributed by atoms with van der Waals surface area (Å²) in [5, 5.41) is 12.9. The van der Waals surface area contributed by atoms with E-state index in [4.69, 9.17) is 0 Å². The molecule has 11 heteroatoms. The zero-order valence-electron chi connectivity index (χ0n) is 16.3. The molecule has 1 aromatic carbocycles. The lowest BCUT2D eigenvalue weighted by atomic mass is 10.1. The average molecular weight is 418 g/mol. The molecular weight excluding hydrogens is 401 g/mol. The SMILES string of the molecule is CC(C)n1nc2c(-c3cnn(C)c3)cn(-c3ccc(OC(F)(F)F)cc3)c(=O)c2n1. The minimum atomic E-state index is -4.79. The van der Waals surface area contributed by atoms with E-state index in [2.05, 4.69) is 20.0 Å². The molecule has 0 saturated carbocycles. The van der Waals surface area contributed by atoms with E-state index < -0.39 is 11.9 Å². The van der Waals surface area contributed by atoms with Crippen molar-refractivity contribution in [2.45, 2.75) is 26.3 Å². The summed E-state index contributed by atoms with van der Waals surface area (Å²) in [5.41, 5.74) is 1.86. The Morgan fingerprint density at radius 1 is 1.03 bits per heavy atom. The van der Waals surface area contributed by atoms with Crippen LogP contribution >= 0.6 is 0 Å². The Hall–Kier alpha value is -3.63. The Labute approximate surface area is 168 Å². The number of rotatable bonds is 4. The van der Waals surface area contributed by atoms with Gasteiger partial charge in [0.1, 0.15) is 11.3 Å². The van der Waals surface area contributed by atoms with Crippen LogP contribution < -0.4 is 10.3 Å². The highest BCUT2D eigenvalue weighted by Gasteiger charge is 2.31. The van der Waals surface area contributed by atoms with Crippen LogP contribution in [0.4, 0.5) is 13.2 Å². The van der Waals surface area contributed by atoms with Crippen LogP contribution in [0, 0.1) is 0 Å². The number of alkyl halides is 3. The third-order valence-corrected chi connectivity index (χ3v) is 4.39. The van der Waals surface area contributed by atoms with Gasteiger partial charge in [-0.15, -0.1) is 18.3 Å². The van der Waals surface area contributed by atoms with Crippen molar-refractivity contribution in [2.24, 2.45) is 7.05 Å². The van der Waals surface area contributed by atoms with Crippen molar-refractivity contribution in [1.82, 2.24) is 29.3 Å². The molecule has 0 unspecified atom stereocenters. The smallest absolute Gasteiger partial charge is 0.406 e. The third-order valence-electron chi connectivity index (χ3n) is 4.39. The van der Waals surface area contributed by atoms with Gasteiger partial charge in [-0.25, -0.2) is 0 Å². The van der Waals surface area contributed by atoms with Crippen LogP contribution in [0.15, 0.2) is 47.7 Å². The molecule has 0 spiro atoms. The first-order valence-electron chi connectivity index (χ1n) is 9.00. The second kappa shape index (κ2) is 7.01. The molecule has 4 rings (SSSR count). The van der Waals surface area contributed by atoms with Crippen LogP contribution in [0.25, 0.3) is 27.8 Å². The lowest BCUT2D eigenvalue weighted by Crippen LogP contribution is -2.19. The number of nitrogens with zero attached hydrogens (tertiary/aromatic N) is 6. The third kappa shape index (κ3) is 3.65. The van der Waals surface area contributed by atoms with Gasteiger partial charge in [0.2, 0.25) is 0 Å². The number of pyridine rings is 1.